The number of nitrogens with one attached hydrogen (secondary N) is 2. The molecule has 2 aliphatic rings. The van der Waals surface area contributed by atoms with E-state index in [0.717, 1.165) is 39.0 Å². The second-order valence-electron chi connectivity index (χ2n) is 3.46. The fourth-order valence-corrected chi connectivity index (χ4v) is 1.36. The molecule has 0 bridgehead atoms. The van der Waals surface area contributed by atoms with Crippen molar-refractivity contribution in [3.8, 4) is 0 Å². The van der Waals surface area contributed by atoms with E-state index in [4.69, 9.17) is 0 Å². The molecule has 4 nitrogen and oxygen atoms in total. The van der Waals surface area contributed by atoms with E-state index in [9.17, 15) is 4.79 Å². The lowest BCUT2D eigenvalue weighted by molar-refractivity contribution is 0.189. The minimum Gasteiger partial charge on any atom is -0.335 e. The maximum absolute atomic E-state index is 11.4. The molecule has 2 fully saturated rings. The Labute approximate surface area is 121 Å². The lowest BCUT2D eigenvalue weighted by Gasteiger charge is -2.27. The summed E-state index contributed by atoms with van der Waals surface area (Å²) >= 11 is 0. The summed E-state index contributed by atoms with van der Waals surface area (Å²) in [7, 11) is 0. The third kappa shape index (κ3) is 6.86. The zero-order chi connectivity index (χ0) is 8.39. The van der Waals surface area contributed by atoms with Crippen LogP contribution in [0.1, 0.15) is 12.8 Å². The molecule has 16 heavy (non-hydrogen) atoms. The third-order valence-electron chi connectivity index (χ3n) is 2.31. The van der Waals surface area contributed by atoms with Gasteiger partial charge in [0.05, 0.1) is 0 Å². The van der Waals surface area contributed by atoms with Crippen LogP contribution in [-0.2, 0) is 0 Å². The highest BCUT2D eigenvalue weighted by atomic mass is 35.5. The van der Waals surface area contributed by atoms with Crippen molar-refractivity contribution in [1.82, 2.24) is 15.5 Å². The first-order chi connectivity index (χ1) is 5.86. The summed E-state index contributed by atoms with van der Waals surface area (Å²) in [6.45, 7) is 3.55. The summed E-state index contributed by atoms with van der Waals surface area (Å²) in [6, 6.07) is 0.603. The van der Waals surface area contributed by atoms with Crippen molar-refractivity contribution in [2.24, 2.45) is 0 Å². The monoisotopic (exact) mass is 313 g/mol. The Morgan fingerprint density at radius 2 is 1.56 bits per heavy atom. The molecular weight excluding hydrogens is 296 g/mol. The first-order valence-electron chi connectivity index (χ1n) is 4.62. The summed E-state index contributed by atoms with van der Waals surface area (Å²) < 4.78 is 0. The average Bonchev–Trinajstić information content (AvgIpc) is 2.90. The Morgan fingerprint density at radius 3 is 2.00 bits per heavy atom. The van der Waals surface area contributed by atoms with E-state index in [2.05, 4.69) is 10.6 Å². The Kier molecular flexibility index (Phi) is 14.3. The van der Waals surface area contributed by atoms with Crippen LogP contribution in [0.4, 0.5) is 4.79 Å². The van der Waals surface area contributed by atoms with E-state index in [1.807, 2.05) is 4.90 Å². The number of amides is 2. The molecule has 8 heteroatoms. The highest BCUT2D eigenvalue weighted by Gasteiger charge is 2.26. The second kappa shape index (κ2) is 10.5. The Hall–Kier alpha value is 0.390. The summed E-state index contributed by atoms with van der Waals surface area (Å²) in [5.41, 5.74) is 0. The standard InChI is InChI=1S/C8H15N3O.4ClH/c12-8(10-7-1-2-7)11-5-3-9-4-6-11;;;;/h7,9H,1-6H2,(H,10,12);4*1H. The lowest BCUT2D eigenvalue weighted by Crippen LogP contribution is -2.50. The van der Waals surface area contributed by atoms with E-state index in [0.29, 0.717) is 6.04 Å². The Bertz CT molecular complexity index is 186. The molecule has 0 radical (unpaired) electrons. The van der Waals surface area contributed by atoms with Gasteiger partial charge in [-0.05, 0) is 12.8 Å². The molecule has 0 aromatic heterocycles. The zero-order valence-electron chi connectivity index (χ0n) is 8.81. The fraction of sp³-hybridized carbons (Fsp3) is 0.875. The van der Waals surface area contributed by atoms with Gasteiger partial charge >= 0.3 is 6.03 Å². The molecule has 1 aliphatic carbocycles. The maximum atomic E-state index is 11.4. The topological polar surface area (TPSA) is 44.4 Å². The predicted molar refractivity (Wildman–Crippen MR) is 75.0 cm³/mol. The summed E-state index contributed by atoms with van der Waals surface area (Å²) in [5, 5.41) is 6.20. The van der Waals surface area contributed by atoms with Gasteiger partial charge < -0.3 is 15.5 Å². The molecule has 0 atom stereocenters. The van der Waals surface area contributed by atoms with Crippen LogP contribution in [0, 0.1) is 0 Å². The van der Waals surface area contributed by atoms with Crippen molar-refractivity contribution in [3.63, 3.8) is 0 Å². The molecular formula is C8H19Cl4N3O. The van der Waals surface area contributed by atoms with Crippen LogP contribution < -0.4 is 10.6 Å². The van der Waals surface area contributed by atoms with E-state index in [1.54, 1.807) is 0 Å². The van der Waals surface area contributed by atoms with E-state index in [1.165, 1.54) is 0 Å². The molecule has 0 aromatic carbocycles. The number of piperazine rings is 1. The predicted octanol–water partition coefficient (Wildman–Crippen LogP) is 1.45. The van der Waals surface area contributed by atoms with Gasteiger partial charge in [-0.3, -0.25) is 0 Å². The molecule has 1 saturated heterocycles. The van der Waals surface area contributed by atoms with E-state index < -0.39 is 0 Å². The molecule has 100 valence electrons. The van der Waals surface area contributed by atoms with Crippen molar-refractivity contribution in [2.75, 3.05) is 26.2 Å². The van der Waals surface area contributed by atoms with Gasteiger partial charge in [0, 0.05) is 32.2 Å². The highest BCUT2D eigenvalue weighted by molar-refractivity contribution is 5.86. The smallest absolute Gasteiger partial charge is 0.317 e. The zero-order valence-corrected chi connectivity index (χ0v) is 12.1. The summed E-state index contributed by atoms with van der Waals surface area (Å²) in [6.07, 6.45) is 2.33. The van der Waals surface area contributed by atoms with Crippen LogP contribution in [0.25, 0.3) is 0 Å². The molecule has 2 N–H and O–H groups in total. The quantitative estimate of drug-likeness (QED) is 0.769. The molecule has 1 aliphatic heterocycles. The number of nitrogens with zero attached hydrogens (tertiary/aromatic N) is 1. The van der Waals surface area contributed by atoms with Crippen molar-refractivity contribution < 1.29 is 4.79 Å². The molecule has 0 spiro atoms. The average molecular weight is 315 g/mol. The summed E-state index contributed by atoms with van der Waals surface area (Å²) in [4.78, 5) is 13.3. The fourth-order valence-electron chi connectivity index (χ4n) is 1.36. The minimum atomic E-state index is 0. The van der Waals surface area contributed by atoms with Crippen LogP contribution in [-0.4, -0.2) is 43.2 Å². The molecule has 2 amide bonds. The first kappa shape index (κ1) is 21.7. The van der Waals surface area contributed by atoms with Gasteiger partial charge in [0.2, 0.25) is 0 Å². The van der Waals surface area contributed by atoms with Crippen molar-refractivity contribution in [2.45, 2.75) is 18.9 Å². The van der Waals surface area contributed by atoms with Crippen LogP contribution >= 0.6 is 49.6 Å². The maximum Gasteiger partial charge on any atom is 0.317 e. The van der Waals surface area contributed by atoms with Gasteiger partial charge in [-0.25, -0.2) is 4.79 Å². The van der Waals surface area contributed by atoms with Crippen molar-refractivity contribution >= 4 is 55.7 Å². The van der Waals surface area contributed by atoms with Gasteiger partial charge in [-0.2, -0.15) is 0 Å². The molecule has 1 heterocycles. The largest absolute Gasteiger partial charge is 0.335 e. The highest BCUT2D eigenvalue weighted by Crippen LogP contribution is 2.18. The van der Waals surface area contributed by atoms with Gasteiger partial charge in [0.1, 0.15) is 0 Å². The van der Waals surface area contributed by atoms with Crippen LogP contribution in [0.3, 0.4) is 0 Å². The lowest BCUT2D eigenvalue weighted by atomic mass is 10.4. The number of carbonyl (C=O) groups excluding carboxylic acids is 1. The van der Waals surface area contributed by atoms with Crippen LogP contribution in [0.5, 0.6) is 0 Å². The van der Waals surface area contributed by atoms with Crippen LogP contribution in [0.15, 0.2) is 0 Å². The Morgan fingerprint density at radius 1 is 1.06 bits per heavy atom. The summed E-state index contributed by atoms with van der Waals surface area (Å²) in [5.74, 6) is 0. The number of urea groups is 1. The molecule has 1 saturated carbocycles. The number of hydrogen-bond acceptors (Lipinski definition) is 2. The number of rotatable bonds is 1. The SMILES string of the molecule is Cl.Cl.Cl.Cl.O=C(NC1CC1)N1CCNCC1. The molecule has 2 rings (SSSR count). The number of carbonyl (C=O) groups is 1. The number of hydrogen-bond donors (Lipinski definition) is 2. The van der Waals surface area contributed by atoms with Crippen molar-refractivity contribution in [3.05, 3.63) is 0 Å². The van der Waals surface area contributed by atoms with Gasteiger partial charge in [0.15, 0.2) is 0 Å². The molecule has 0 aromatic rings. The van der Waals surface area contributed by atoms with E-state index >= 15 is 0 Å². The normalized spacial score (nSPS) is 17.9. The minimum absolute atomic E-state index is 0. The first-order valence-corrected chi connectivity index (χ1v) is 4.62. The van der Waals surface area contributed by atoms with E-state index in [-0.39, 0.29) is 55.7 Å². The Balaban J connectivity index is -0.000000422. The van der Waals surface area contributed by atoms with Gasteiger partial charge in [0.25, 0.3) is 0 Å². The van der Waals surface area contributed by atoms with Gasteiger partial charge in [-0.15, -0.1) is 49.6 Å². The second-order valence-corrected chi connectivity index (χ2v) is 3.46. The molecule has 0 unspecified atom stereocenters. The van der Waals surface area contributed by atoms with Gasteiger partial charge in [-0.1, -0.05) is 0 Å². The van der Waals surface area contributed by atoms with Crippen molar-refractivity contribution in [1.29, 1.82) is 0 Å². The van der Waals surface area contributed by atoms with Crippen LogP contribution in [0.2, 0.25) is 0 Å². The third-order valence-corrected chi connectivity index (χ3v) is 2.31. The number of halogens is 4.